The van der Waals surface area contributed by atoms with E-state index in [1.807, 2.05) is 20.9 Å². The molecular weight excluding hydrogens is 232 g/mol. The molecule has 0 saturated heterocycles. The van der Waals surface area contributed by atoms with Crippen molar-refractivity contribution in [3.8, 4) is 11.6 Å². The highest BCUT2D eigenvalue weighted by Gasteiger charge is 2.16. The monoisotopic (exact) mass is 248 g/mol. The van der Waals surface area contributed by atoms with Gasteiger partial charge in [-0.05, 0) is 5.92 Å². The lowest BCUT2D eigenvalue weighted by Gasteiger charge is -2.14. The molecule has 18 heavy (non-hydrogen) atoms. The SMILES string of the molecule is CC(C)c1c(NN)ncnc1Oc1cnn(C)c1. The maximum absolute atomic E-state index is 5.70. The third-order valence-corrected chi connectivity index (χ3v) is 2.46. The molecule has 0 aliphatic heterocycles. The van der Waals surface area contributed by atoms with Crippen molar-refractivity contribution in [1.29, 1.82) is 0 Å². The summed E-state index contributed by atoms with van der Waals surface area (Å²) in [6, 6.07) is 0. The second kappa shape index (κ2) is 5.01. The molecule has 0 spiro atoms. The van der Waals surface area contributed by atoms with Crippen molar-refractivity contribution in [3.63, 3.8) is 0 Å². The first kappa shape index (κ1) is 12.3. The predicted octanol–water partition coefficient (Wildman–Crippen LogP) is 1.41. The number of hydrogen-bond donors (Lipinski definition) is 2. The summed E-state index contributed by atoms with van der Waals surface area (Å²) >= 11 is 0. The summed E-state index contributed by atoms with van der Waals surface area (Å²) < 4.78 is 7.36. The third kappa shape index (κ3) is 2.40. The van der Waals surface area contributed by atoms with Gasteiger partial charge in [-0.1, -0.05) is 13.8 Å². The van der Waals surface area contributed by atoms with Crippen molar-refractivity contribution in [2.45, 2.75) is 19.8 Å². The van der Waals surface area contributed by atoms with Crippen LogP contribution in [0.25, 0.3) is 0 Å². The van der Waals surface area contributed by atoms with E-state index in [0.29, 0.717) is 17.4 Å². The summed E-state index contributed by atoms with van der Waals surface area (Å²) in [4.78, 5) is 8.23. The second-order valence-corrected chi connectivity index (χ2v) is 4.19. The second-order valence-electron chi connectivity index (χ2n) is 4.19. The number of hydrazine groups is 1. The Morgan fingerprint density at radius 2 is 2.17 bits per heavy atom. The average molecular weight is 248 g/mol. The van der Waals surface area contributed by atoms with Crippen LogP contribution in [0.4, 0.5) is 5.82 Å². The minimum Gasteiger partial charge on any atom is -0.435 e. The van der Waals surface area contributed by atoms with Crippen molar-refractivity contribution in [2.75, 3.05) is 5.43 Å². The Morgan fingerprint density at radius 1 is 1.39 bits per heavy atom. The molecule has 3 N–H and O–H groups in total. The Labute approximate surface area is 105 Å². The van der Waals surface area contributed by atoms with E-state index in [4.69, 9.17) is 10.6 Å². The van der Waals surface area contributed by atoms with Crippen LogP contribution in [0.3, 0.4) is 0 Å². The minimum atomic E-state index is 0.184. The van der Waals surface area contributed by atoms with Gasteiger partial charge in [-0.25, -0.2) is 15.8 Å². The van der Waals surface area contributed by atoms with Crippen molar-refractivity contribution in [3.05, 3.63) is 24.3 Å². The van der Waals surface area contributed by atoms with E-state index in [1.165, 1.54) is 6.33 Å². The molecule has 2 aromatic heterocycles. The van der Waals surface area contributed by atoms with Crippen LogP contribution in [-0.2, 0) is 7.05 Å². The molecule has 7 heteroatoms. The summed E-state index contributed by atoms with van der Waals surface area (Å²) in [5.41, 5.74) is 3.39. The summed E-state index contributed by atoms with van der Waals surface area (Å²) in [5.74, 6) is 7.31. The maximum Gasteiger partial charge on any atom is 0.228 e. The molecule has 0 saturated carbocycles. The number of nitrogen functional groups attached to an aromatic ring is 1. The molecule has 2 rings (SSSR count). The van der Waals surface area contributed by atoms with Gasteiger partial charge in [-0.15, -0.1) is 0 Å². The Morgan fingerprint density at radius 3 is 2.72 bits per heavy atom. The predicted molar refractivity (Wildman–Crippen MR) is 67.2 cm³/mol. The molecule has 0 aromatic carbocycles. The maximum atomic E-state index is 5.70. The van der Waals surface area contributed by atoms with Gasteiger partial charge >= 0.3 is 0 Å². The van der Waals surface area contributed by atoms with Crippen molar-refractivity contribution >= 4 is 5.82 Å². The van der Waals surface area contributed by atoms with Crippen molar-refractivity contribution < 1.29 is 4.74 Å². The molecule has 0 atom stereocenters. The number of nitrogens with zero attached hydrogens (tertiary/aromatic N) is 4. The van der Waals surface area contributed by atoms with Crippen LogP contribution < -0.4 is 16.0 Å². The van der Waals surface area contributed by atoms with Crippen LogP contribution in [0.15, 0.2) is 18.7 Å². The molecule has 7 nitrogen and oxygen atoms in total. The Bertz CT molecular complexity index is 536. The largest absolute Gasteiger partial charge is 0.435 e. The van der Waals surface area contributed by atoms with Gasteiger partial charge in [0.2, 0.25) is 5.88 Å². The minimum absolute atomic E-state index is 0.184. The first-order valence-corrected chi connectivity index (χ1v) is 5.59. The number of aromatic nitrogens is 4. The fourth-order valence-electron chi connectivity index (χ4n) is 1.66. The van der Waals surface area contributed by atoms with Gasteiger partial charge < -0.3 is 10.2 Å². The Hall–Kier alpha value is -2.15. The van der Waals surface area contributed by atoms with Crippen molar-refractivity contribution in [1.82, 2.24) is 19.7 Å². The molecular formula is C11H16N6O. The van der Waals surface area contributed by atoms with Crippen LogP contribution in [0.2, 0.25) is 0 Å². The van der Waals surface area contributed by atoms with Gasteiger partial charge in [0.25, 0.3) is 0 Å². The highest BCUT2D eigenvalue weighted by Crippen LogP contribution is 2.32. The number of anilines is 1. The number of nitrogens with one attached hydrogen (secondary N) is 1. The van der Waals surface area contributed by atoms with Gasteiger partial charge in [0.05, 0.1) is 18.0 Å². The van der Waals surface area contributed by atoms with Crippen LogP contribution in [-0.4, -0.2) is 19.7 Å². The summed E-state index contributed by atoms with van der Waals surface area (Å²) in [6.45, 7) is 4.05. The van der Waals surface area contributed by atoms with E-state index in [-0.39, 0.29) is 5.92 Å². The molecule has 0 radical (unpaired) electrons. The highest BCUT2D eigenvalue weighted by molar-refractivity contribution is 5.50. The van der Waals surface area contributed by atoms with Gasteiger partial charge in [-0.2, -0.15) is 5.10 Å². The molecule has 0 aliphatic carbocycles. The lowest BCUT2D eigenvalue weighted by Crippen LogP contribution is -2.13. The third-order valence-electron chi connectivity index (χ3n) is 2.46. The fraction of sp³-hybridized carbons (Fsp3) is 0.364. The standard InChI is InChI=1S/C11H16N6O/c1-7(2)9-10(16-12)13-6-14-11(9)18-8-4-15-17(3)5-8/h4-7H,12H2,1-3H3,(H,13,14,16). The van der Waals surface area contributed by atoms with Gasteiger partial charge in [0.1, 0.15) is 6.33 Å². The molecule has 96 valence electrons. The summed E-state index contributed by atoms with van der Waals surface area (Å²) in [5, 5.41) is 4.04. The molecule has 0 fully saturated rings. The quantitative estimate of drug-likeness (QED) is 0.628. The zero-order chi connectivity index (χ0) is 13.1. The molecule has 2 aromatic rings. The molecule has 0 amide bonds. The van der Waals surface area contributed by atoms with E-state index in [9.17, 15) is 0 Å². The van der Waals surface area contributed by atoms with E-state index in [1.54, 1.807) is 17.1 Å². The molecule has 0 bridgehead atoms. The summed E-state index contributed by atoms with van der Waals surface area (Å²) in [7, 11) is 1.82. The topological polar surface area (TPSA) is 90.9 Å². The lowest BCUT2D eigenvalue weighted by atomic mass is 10.1. The van der Waals surface area contributed by atoms with Crippen molar-refractivity contribution in [2.24, 2.45) is 12.9 Å². The zero-order valence-electron chi connectivity index (χ0n) is 10.6. The number of aryl methyl sites for hydroxylation is 1. The molecule has 0 unspecified atom stereocenters. The van der Waals surface area contributed by atoms with E-state index in [0.717, 1.165) is 5.56 Å². The van der Waals surface area contributed by atoms with Crippen LogP contribution >= 0.6 is 0 Å². The first-order valence-electron chi connectivity index (χ1n) is 5.59. The van der Waals surface area contributed by atoms with Gasteiger partial charge in [-0.3, -0.25) is 4.68 Å². The van der Waals surface area contributed by atoms with Gasteiger partial charge in [0.15, 0.2) is 11.6 Å². The van der Waals surface area contributed by atoms with E-state index >= 15 is 0 Å². The number of hydrogen-bond acceptors (Lipinski definition) is 6. The van der Waals surface area contributed by atoms with Crippen LogP contribution in [0.5, 0.6) is 11.6 Å². The Balaban J connectivity index is 2.37. The van der Waals surface area contributed by atoms with Crippen LogP contribution in [0, 0.1) is 0 Å². The molecule has 2 heterocycles. The summed E-state index contributed by atoms with van der Waals surface area (Å²) in [6.07, 6.45) is 4.80. The zero-order valence-corrected chi connectivity index (χ0v) is 10.6. The van der Waals surface area contributed by atoms with Crippen LogP contribution in [0.1, 0.15) is 25.3 Å². The fourth-order valence-corrected chi connectivity index (χ4v) is 1.66. The Kier molecular flexibility index (Phi) is 3.42. The van der Waals surface area contributed by atoms with Gasteiger partial charge in [0, 0.05) is 7.05 Å². The normalized spacial score (nSPS) is 10.7. The smallest absolute Gasteiger partial charge is 0.228 e. The van der Waals surface area contributed by atoms with E-state index in [2.05, 4.69) is 20.5 Å². The average Bonchev–Trinajstić information content (AvgIpc) is 2.74. The number of rotatable bonds is 4. The molecule has 0 aliphatic rings. The number of nitrogens with two attached hydrogens (primary N) is 1. The van der Waals surface area contributed by atoms with E-state index < -0.39 is 0 Å². The first-order chi connectivity index (χ1) is 8.61. The lowest BCUT2D eigenvalue weighted by molar-refractivity contribution is 0.451. The highest BCUT2D eigenvalue weighted by atomic mass is 16.5. The number of ether oxygens (including phenoxy) is 1.